The molecule has 0 heterocycles. The molecule has 13 heavy (non-hydrogen) atoms. The molecule has 1 aliphatic carbocycles. The molecule has 1 fully saturated rings. The minimum atomic E-state index is -0.0517. The fourth-order valence-corrected chi connectivity index (χ4v) is 1.89. The van der Waals surface area contributed by atoms with E-state index in [2.05, 4.69) is 26.8 Å². The Bertz CT molecular complexity index is 361. The van der Waals surface area contributed by atoms with Gasteiger partial charge in [0, 0.05) is 17.3 Å². The lowest BCUT2D eigenvalue weighted by Crippen LogP contribution is -2.06. The summed E-state index contributed by atoms with van der Waals surface area (Å²) in [5.41, 5.74) is 1.21. The molecule has 0 aromatic heterocycles. The lowest BCUT2D eigenvalue weighted by Gasteiger charge is -2.04. The van der Waals surface area contributed by atoms with Crippen molar-refractivity contribution < 1.29 is 0 Å². The first kappa shape index (κ1) is 8.77. The van der Waals surface area contributed by atoms with Crippen molar-refractivity contribution in [3.05, 3.63) is 45.7 Å². The molecule has 0 unspecified atom stereocenters. The standard InChI is InChI=1S/C11H10BrN/c1-13-11(6-7-11)8-9-4-2-3-5-10(9)12/h2-5H,6-8H2. The topological polar surface area (TPSA) is 4.36 Å². The molecule has 0 N–H and O–H groups in total. The van der Waals surface area contributed by atoms with Crippen LogP contribution < -0.4 is 0 Å². The summed E-state index contributed by atoms with van der Waals surface area (Å²) in [6, 6.07) is 8.16. The zero-order chi connectivity index (χ0) is 9.31. The van der Waals surface area contributed by atoms with Gasteiger partial charge in [0.05, 0.1) is 6.42 Å². The second-order valence-electron chi connectivity index (χ2n) is 3.60. The third-order valence-corrected chi connectivity index (χ3v) is 3.32. The van der Waals surface area contributed by atoms with E-state index in [1.165, 1.54) is 5.56 Å². The van der Waals surface area contributed by atoms with Crippen LogP contribution in [0.3, 0.4) is 0 Å². The molecule has 1 aliphatic rings. The average molecular weight is 236 g/mol. The summed E-state index contributed by atoms with van der Waals surface area (Å²) in [7, 11) is 0. The summed E-state index contributed by atoms with van der Waals surface area (Å²) in [5, 5.41) is 0. The van der Waals surface area contributed by atoms with Crippen molar-refractivity contribution in [3.8, 4) is 0 Å². The Kier molecular flexibility index (Phi) is 2.13. The third-order valence-electron chi connectivity index (χ3n) is 2.54. The first-order chi connectivity index (χ1) is 6.26. The summed E-state index contributed by atoms with van der Waals surface area (Å²) in [4.78, 5) is 3.70. The van der Waals surface area contributed by atoms with Crippen molar-refractivity contribution in [1.29, 1.82) is 0 Å². The van der Waals surface area contributed by atoms with Gasteiger partial charge in [-0.25, -0.2) is 6.57 Å². The minimum absolute atomic E-state index is 0.0517. The van der Waals surface area contributed by atoms with Gasteiger partial charge in [-0.1, -0.05) is 34.1 Å². The van der Waals surface area contributed by atoms with E-state index >= 15 is 0 Å². The Labute approximate surface area is 86.7 Å². The Morgan fingerprint density at radius 1 is 1.38 bits per heavy atom. The van der Waals surface area contributed by atoms with Gasteiger partial charge in [0.1, 0.15) is 0 Å². The quantitative estimate of drug-likeness (QED) is 0.693. The van der Waals surface area contributed by atoms with E-state index in [4.69, 9.17) is 6.57 Å². The van der Waals surface area contributed by atoms with E-state index in [-0.39, 0.29) is 5.54 Å². The van der Waals surface area contributed by atoms with Gasteiger partial charge in [-0.3, -0.25) is 0 Å². The first-order valence-corrected chi connectivity index (χ1v) is 5.17. The van der Waals surface area contributed by atoms with Gasteiger partial charge in [-0.2, -0.15) is 0 Å². The van der Waals surface area contributed by atoms with Gasteiger partial charge in [-0.05, 0) is 11.6 Å². The van der Waals surface area contributed by atoms with Crippen molar-refractivity contribution in [2.45, 2.75) is 24.8 Å². The number of halogens is 1. The summed E-state index contributed by atoms with van der Waals surface area (Å²) in [6.45, 7) is 7.10. The van der Waals surface area contributed by atoms with Crippen LogP contribution in [0.4, 0.5) is 0 Å². The van der Waals surface area contributed by atoms with Crippen molar-refractivity contribution in [2.24, 2.45) is 0 Å². The van der Waals surface area contributed by atoms with Gasteiger partial charge >= 0.3 is 0 Å². The predicted octanol–water partition coefficient (Wildman–Crippen LogP) is 3.44. The van der Waals surface area contributed by atoms with Crippen LogP contribution in [0.5, 0.6) is 0 Å². The van der Waals surface area contributed by atoms with Crippen LogP contribution in [0.1, 0.15) is 18.4 Å². The fraction of sp³-hybridized carbons (Fsp3) is 0.364. The molecule has 1 aromatic rings. The number of hydrogen-bond acceptors (Lipinski definition) is 0. The van der Waals surface area contributed by atoms with Crippen LogP contribution in [0.15, 0.2) is 28.7 Å². The monoisotopic (exact) mass is 235 g/mol. The fourth-order valence-electron chi connectivity index (χ4n) is 1.47. The van der Waals surface area contributed by atoms with Crippen LogP contribution in [-0.2, 0) is 6.42 Å². The van der Waals surface area contributed by atoms with Gasteiger partial charge in [0.15, 0.2) is 0 Å². The molecule has 0 spiro atoms. The highest BCUT2D eigenvalue weighted by atomic mass is 79.9. The molecular formula is C11H10BrN. The van der Waals surface area contributed by atoms with E-state index in [0.717, 1.165) is 23.7 Å². The van der Waals surface area contributed by atoms with E-state index in [1.54, 1.807) is 0 Å². The number of nitrogens with zero attached hydrogens (tertiary/aromatic N) is 1. The number of benzene rings is 1. The highest BCUT2D eigenvalue weighted by molar-refractivity contribution is 9.10. The molecule has 1 saturated carbocycles. The smallest absolute Gasteiger partial charge is 0.237 e. The summed E-state index contributed by atoms with van der Waals surface area (Å²) in [5.74, 6) is 0. The molecule has 0 bridgehead atoms. The molecular weight excluding hydrogens is 226 g/mol. The second kappa shape index (κ2) is 3.16. The Morgan fingerprint density at radius 2 is 2.08 bits per heavy atom. The van der Waals surface area contributed by atoms with Gasteiger partial charge in [0.2, 0.25) is 5.54 Å². The molecule has 0 radical (unpaired) electrons. The van der Waals surface area contributed by atoms with Crippen molar-refractivity contribution in [3.63, 3.8) is 0 Å². The molecule has 0 amide bonds. The van der Waals surface area contributed by atoms with E-state index in [9.17, 15) is 0 Å². The zero-order valence-electron chi connectivity index (χ0n) is 7.26. The molecule has 1 aromatic carbocycles. The Hall–Kier alpha value is -0.810. The predicted molar refractivity (Wildman–Crippen MR) is 56.4 cm³/mol. The lowest BCUT2D eigenvalue weighted by atomic mass is 10.1. The van der Waals surface area contributed by atoms with Crippen LogP contribution >= 0.6 is 15.9 Å². The van der Waals surface area contributed by atoms with Crippen molar-refractivity contribution in [2.75, 3.05) is 0 Å². The van der Waals surface area contributed by atoms with Crippen molar-refractivity contribution >= 4 is 15.9 Å². The van der Waals surface area contributed by atoms with Crippen molar-refractivity contribution in [1.82, 2.24) is 0 Å². The van der Waals surface area contributed by atoms with E-state index in [1.807, 2.05) is 18.2 Å². The van der Waals surface area contributed by atoms with Gasteiger partial charge in [0.25, 0.3) is 0 Å². The Balaban J connectivity index is 2.20. The molecule has 0 atom stereocenters. The highest BCUT2D eigenvalue weighted by Gasteiger charge is 2.50. The average Bonchev–Trinajstić information content (AvgIpc) is 2.90. The third kappa shape index (κ3) is 1.76. The molecule has 2 rings (SSSR count). The summed E-state index contributed by atoms with van der Waals surface area (Å²) < 4.78 is 1.13. The van der Waals surface area contributed by atoms with Gasteiger partial charge < -0.3 is 4.85 Å². The largest absolute Gasteiger partial charge is 0.310 e. The van der Waals surface area contributed by atoms with Gasteiger partial charge in [-0.15, -0.1) is 0 Å². The molecule has 66 valence electrons. The molecule has 0 saturated heterocycles. The number of hydrogen-bond donors (Lipinski definition) is 0. The maximum absolute atomic E-state index is 7.10. The Morgan fingerprint density at radius 3 is 2.62 bits per heavy atom. The minimum Gasteiger partial charge on any atom is -0.310 e. The summed E-state index contributed by atoms with van der Waals surface area (Å²) in [6.07, 6.45) is 3.04. The van der Waals surface area contributed by atoms with E-state index in [0.29, 0.717) is 0 Å². The van der Waals surface area contributed by atoms with E-state index < -0.39 is 0 Å². The number of rotatable bonds is 2. The second-order valence-corrected chi connectivity index (χ2v) is 4.46. The molecule has 0 aliphatic heterocycles. The molecule has 1 nitrogen and oxygen atoms in total. The maximum Gasteiger partial charge on any atom is 0.237 e. The zero-order valence-corrected chi connectivity index (χ0v) is 8.84. The SMILES string of the molecule is [C-]#[N+]C1(Cc2ccccc2Br)CC1. The highest BCUT2D eigenvalue weighted by Crippen LogP contribution is 2.43. The maximum atomic E-state index is 7.10. The first-order valence-electron chi connectivity index (χ1n) is 4.38. The van der Waals surface area contributed by atoms with Crippen LogP contribution in [0.25, 0.3) is 4.85 Å². The van der Waals surface area contributed by atoms with Crippen LogP contribution in [-0.4, -0.2) is 5.54 Å². The summed E-state index contributed by atoms with van der Waals surface area (Å²) >= 11 is 3.50. The van der Waals surface area contributed by atoms with Crippen LogP contribution in [0, 0.1) is 6.57 Å². The molecule has 2 heteroatoms. The lowest BCUT2D eigenvalue weighted by molar-refractivity contribution is 0.779. The normalized spacial score (nSPS) is 17.8. The van der Waals surface area contributed by atoms with Crippen LogP contribution in [0.2, 0.25) is 0 Å².